The van der Waals surface area contributed by atoms with E-state index in [1.807, 2.05) is 0 Å². The van der Waals surface area contributed by atoms with Crippen LogP contribution in [0.2, 0.25) is 5.02 Å². The number of halogens is 1. The van der Waals surface area contributed by atoms with Gasteiger partial charge in [-0.05, 0) is 31.0 Å². The molecule has 2 rings (SSSR count). The van der Waals surface area contributed by atoms with E-state index in [4.69, 9.17) is 28.8 Å². The van der Waals surface area contributed by atoms with Gasteiger partial charge in [0.1, 0.15) is 0 Å². The average Bonchev–Trinajstić information content (AvgIpc) is 2.49. The van der Waals surface area contributed by atoms with Crippen molar-refractivity contribution >= 4 is 35.2 Å². The van der Waals surface area contributed by atoms with Crippen LogP contribution < -0.4 is 22.1 Å². The number of amides is 3. The summed E-state index contributed by atoms with van der Waals surface area (Å²) in [5, 5.41) is 0.343. The second kappa shape index (κ2) is 7.32. The number of hydrogen-bond acceptors (Lipinski definition) is 2. The maximum atomic E-state index is 12.0. The van der Waals surface area contributed by atoms with Crippen molar-refractivity contribution < 1.29 is 9.59 Å². The third-order valence-electron chi connectivity index (χ3n) is 3.86. The lowest BCUT2D eigenvalue weighted by Crippen LogP contribution is -2.45. The number of carbonyl (C=O) groups excluding carboxylic acids is 2. The summed E-state index contributed by atoms with van der Waals surface area (Å²) >= 11 is 6.22. The molecule has 23 heavy (non-hydrogen) atoms. The quantitative estimate of drug-likeness (QED) is 0.575. The van der Waals surface area contributed by atoms with Crippen molar-refractivity contribution in [3.8, 4) is 0 Å². The van der Waals surface area contributed by atoms with E-state index in [9.17, 15) is 9.59 Å². The van der Waals surface area contributed by atoms with Crippen molar-refractivity contribution in [2.75, 3.05) is 4.90 Å². The van der Waals surface area contributed by atoms with Crippen molar-refractivity contribution in [1.29, 1.82) is 0 Å². The first-order chi connectivity index (χ1) is 10.9. The summed E-state index contributed by atoms with van der Waals surface area (Å²) < 4.78 is 0. The van der Waals surface area contributed by atoms with Gasteiger partial charge < -0.3 is 17.2 Å². The molecule has 8 heteroatoms. The molecule has 7 nitrogen and oxygen atoms in total. The minimum Gasteiger partial charge on any atom is -0.370 e. The molecule has 1 fully saturated rings. The molecule has 0 heterocycles. The Morgan fingerprint density at radius 2 is 1.78 bits per heavy atom. The van der Waals surface area contributed by atoms with Crippen molar-refractivity contribution in [3.63, 3.8) is 0 Å². The Hall–Kier alpha value is -2.28. The smallest absolute Gasteiger partial charge is 0.319 e. The van der Waals surface area contributed by atoms with E-state index in [1.54, 1.807) is 0 Å². The molecule has 6 N–H and O–H groups in total. The van der Waals surface area contributed by atoms with Gasteiger partial charge >= 0.3 is 6.03 Å². The minimum absolute atomic E-state index is 0.0211. The van der Waals surface area contributed by atoms with Crippen molar-refractivity contribution in [1.82, 2.24) is 0 Å². The molecule has 1 aromatic carbocycles. The Morgan fingerprint density at radius 1 is 1.13 bits per heavy atom. The van der Waals surface area contributed by atoms with E-state index in [0.717, 1.165) is 32.1 Å². The number of benzene rings is 1. The van der Waals surface area contributed by atoms with E-state index in [-0.39, 0.29) is 17.6 Å². The normalized spacial score (nSPS) is 15.0. The van der Waals surface area contributed by atoms with Gasteiger partial charge in [-0.15, -0.1) is 0 Å². The molecule has 124 valence electrons. The van der Waals surface area contributed by atoms with E-state index >= 15 is 0 Å². The first-order valence-electron chi connectivity index (χ1n) is 7.42. The average molecular weight is 338 g/mol. The van der Waals surface area contributed by atoms with Crippen molar-refractivity contribution in [2.24, 2.45) is 22.2 Å². The second-order valence-electron chi connectivity index (χ2n) is 5.51. The highest BCUT2D eigenvalue weighted by molar-refractivity contribution is 6.34. The van der Waals surface area contributed by atoms with Crippen molar-refractivity contribution in [3.05, 3.63) is 28.8 Å². The highest BCUT2D eigenvalue weighted by Gasteiger charge is 2.27. The number of rotatable bonds is 3. The third-order valence-corrected chi connectivity index (χ3v) is 4.18. The Bertz CT molecular complexity index is 637. The Labute approximate surface area is 139 Å². The van der Waals surface area contributed by atoms with Crippen LogP contribution in [0.4, 0.5) is 10.5 Å². The highest BCUT2D eigenvalue weighted by Crippen LogP contribution is 2.33. The number of primary amides is 1. The molecule has 1 saturated carbocycles. The van der Waals surface area contributed by atoms with Crippen LogP contribution in [-0.4, -0.2) is 23.9 Å². The van der Waals surface area contributed by atoms with Crippen LogP contribution in [0.3, 0.4) is 0 Å². The summed E-state index contributed by atoms with van der Waals surface area (Å²) in [5.41, 5.74) is 16.6. The number of hydrogen-bond donors (Lipinski definition) is 3. The monoisotopic (exact) mass is 337 g/mol. The van der Waals surface area contributed by atoms with E-state index < -0.39 is 11.9 Å². The molecule has 0 radical (unpaired) electrons. The summed E-state index contributed by atoms with van der Waals surface area (Å²) in [4.78, 5) is 28.9. The van der Waals surface area contributed by atoms with Gasteiger partial charge in [0.25, 0.3) is 5.91 Å². The van der Waals surface area contributed by atoms with Crippen LogP contribution in [0.1, 0.15) is 42.5 Å². The zero-order valence-corrected chi connectivity index (χ0v) is 13.4. The van der Waals surface area contributed by atoms with E-state index in [2.05, 4.69) is 4.99 Å². The first kappa shape index (κ1) is 17.1. The maximum Gasteiger partial charge on any atom is 0.319 e. The lowest BCUT2D eigenvalue weighted by molar-refractivity contribution is 0.100. The van der Waals surface area contributed by atoms with Gasteiger partial charge in [-0.2, -0.15) is 4.99 Å². The van der Waals surface area contributed by atoms with Gasteiger partial charge in [0.15, 0.2) is 5.96 Å². The van der Waals surface area contributed by atoms with Crippen LogP contribution in [0.15, 0.2) is 23.2 Å². The van der Waals surface area contributed by atoms with Gasteiger partial charge in [0.2, 0.25) is 0 Å². The lowest BCUT2D eigenvalue weighted by atomic mass is 9.94. The Kier molecular flexibility index (Phi) is 5.44. The second-order valence-corrected chi connectivity index (χ2v) is 5.92. The van der Waals surface area contributed by atoms with Gasteiger partial charge in [0.05, 0.1) is 10.7 Å². The first-order valence-corrected chi connectivity index (χ1v) is 7.80. The Morgan fingerprint density at radius 3 is 2.35 bits per heavy atom. The van der Waals surface area contributed by atoms with Crippen LogP contribution in [0, 0.1) is 0 Å². The fraction of sp³-hybridized carbons (Fsp3) is 0.400. The largest absolute Gasteiger partial charge is 0.370 e. The van der Waals surface area contributed by atoms with Crippen LogP contribution in [0.5, 0.6) is 0 Å². The number of urea groups is 1. The van der Waals surface area contributed by atoms with Crippen LogP contribution >= 0.6 is 11.6 Å². The molecule has 0 atom stereocenters. The molecular formula is C15H20ClN5O2. The Balaban J connectivity index is 2.40. The molecule has 1 aromatic rings. The summed E-state index contributed by atoms with van der Waals surface area (Å²) in [7, 11) is 0. The minimum atomic E-state index is -0.601. The van der Waals surface area contributed by atoms with Gasteiger partial charge in [0, 0.05) is 11.6 Å². The maximum absolute atomic E-state index is 12.0. The lowest BCUT2D eigenvalue weighted by Gasteiger charge is -2.33. The molecule has 1 aliphatic carbocycles. The molecule has 0 bridgehead atoms. The molecule has 0 spiro atoms. The van der Waals surface area contributed by atoms with Gasteiger partial charge in [-0.1, -0.05) is 30.9 Å². The SMILES string of the molecule is NC(=O)N(c1cc(C(=O)N=C(N)N)ccc1Cl)C1CCCCC1. The molecule has 1 aliphatic rings. The predicted octanol–water partition coefficient (Wildman–Crippen LogP) is 1.97. The highest BCUT2D eigenvalue weighted by atomic mass is 35.5. The summed E-state index contributed by atoms with van der Waals surface area (Å²) in [6.07, 6.45) is 4.90. The van der Waals surface area contributed by atoms with E-state index in [0.29, 0.717) is 10.7 Å². The number of nitrogens with zero attached hydrogens (tertiary/aromatic N) is 2. The zero-order valence-electron chi connectivity index (χ0n) is 12.7. The molecule has 0 unspecified atom stereocenters. The summed E-state index contributed by atoms with van der Waals surface area (Å²) in [6, 6.07) is 3.92. The van der Waals surface area contributed by atoms with Crippen molar-refractivity contribution in [2.45, 2.75) is 38.1 Å². The van der Waals surface area contributed by atoms with Crippen LogP contribution in [-0.2, 0) is 0 Å². The fourth-order valence-corrected chi connectivity index (χ4v) is 3.06. The third kappa shape index (κ3) is 4.13. The molecule has 0 aliphatic heterocycles. The number of nitrogens with two attached hydrogens (primary N) is 3. The topological polar surface area (TPSA) is 128 Å². The predicted molar refractivity (Wildman–Crippen MR) is 90.5 cm³/mol. The molecular weight excluding hydrogens is 318 g/mol. The van der Waals surface area contributed by atoms with Crippen LogP contribution in [0.25, 0.3) is 0 Å². The molecule has 3 amide bonds. The number of carbonyl (C=O) groups is 2. The van der Waals surface area contributed by atoms with Gasteiger partial charge in [-0.25, -0.2) is 4.79 Å². The summed E-state index contributed by atoms with van der Waals surface area (Å²) in [6.45, 7) is 0. The number of anilines is 1. The fourth-order valence-electron chi connectivity index (χ4n) is 2.85. The molecule has 0 aromatic heterocycles. The standard InChI is InChI=1S/C15H20ClN5O2/c16-11-7-6-9(13(22)20-14(17)18)8-12(11)21(15(19)23)10-4-2-1-3-5-10/h6-8,10H,1-5H2,(H2,19,23)(H4,17,18,20,22). The zero-order chi connectivity index (χ0) is 17.0. The summed E-state index contributed by atoms with van der Waals surface area (Å²) in [5.74, 6) is -0.929. The number of aliphatic imine (C=N–C) groups is 1. The van der Waals surface area contributed by atoms with E-state index in [1.165, 1.54) is 23.1 Å². The van der Waals surface area contributed by atoms with Gasteiger partial charge in [-0.3, -0.25) is 9.69 Å². The number of guanidine groups is 1. The molecule has 0 saturated heterocycles.